The zero-order valence-electron chi connectivity index (χ0n) is 19.2. The maximum atomic E-state index is 12.5. The number of nitrogen functional groups attached to an aromatic ring is 1. The highest BCUT2D eigenvalue weighted by Crippen LogP contribution is 2.27. The number of nitrogens with zero attached hydrogens (tertiary/aromatic N) is 4. The van der Waals surface area contributed by atoms with Crippen LogP contribution in [0.5, 0.6) is 0 Å². The number of carbonyl (C=O) groups is 3. The van der Waals surface area contributed by atoms with Crippen molar-refractivity contribution in [3.05, 3.63) is 78.4 Å². The van der Waals surface area contributed by atoms with Crippen molar-refractivity contribution in [3.63, 3.8) is 0 Å². The second-order valence-corrected chi connectivity index (χ2v) is 8.38. The Bertz CT molecular complexity index is 1240. The highest BCUT2D eigenvalue weighted by atomic mass is 16.2. The highest BCUT2D eigenvalue weighted by Gasteiger charge is 2.26. The second kappa shape index (κ2) is 10.2. The summed E-state index contributed by atoms with van der Waals surface area (Å²) in [5.41, 5.74) is 7.13. The molecule has 1 aromatic carbocycles. The van der Waals surface area contributed by atoms with Crippen LogP contribution < -0.4 is 16.9 Å². The molecule has 0 aliphatic carbocycles. The van der Waals surface area contributed by atoms with Crippen LogP contribution in [0.15, 0.2) is 61.3 Å². The van der Waals surface area contributed by atoms with Gasteiger partial charge in [0.15, 0.2) is 5.69 Å². The summed E-state index contributed by atoms with van der Waals surface area (Å²) in [7, 11) is 0. The Hall–Kier alpha value is -4.47. The molecule has 5 N–H and O–H groups in total. The van der Waals surface area contributed by atoms with E-state index in [0.717, 1.165) is 12.8 Å². The second-order valence-electron chi connectivity index (χ2n) is 8.38. The van der Waals surface area contributed by atoms with Crippen LogP contribution in [0, 0.1) is 5.92 Å². The molecule has 0 spiro atoms. The first-order chi connectivity index (χ1) is 16.9. The van der Waals surface area contributed by atoms with E-state index in [-0.39, 0.29) is 23.4 Å². The Kier molecular flexibility index (Phi) is 6.91. The predicted octanol–water partition coefficient (Wildman–Crippen LogP) is 1.98. The van der Waals surface area contributed by atoms with Crippen LogP contribution >= 0.6 is 0 Å². The first-order valence-corrected chi connectivity index (χ1v) is 11.3. The molecule has 35 heavy (non-hydrogen) atoms. The van der Waals surface area contributed by atoms with Crippen molar-refractivity contribution in [1.82, 2.24) is 19.5 Å². The standard InChI is InChI=1S/C25H27N7O3/c1-2-21(33)31-13-10-16(11-14-31)15-20-30-22(23(24(26)34)32(20)27)17-6-8-18(9-7-17)25(35)29-19-5-3-4-12-28-19/h2-9,12,16H,1,10-11,13-15,27H2,(H2,26,34)(H,28,29,35). The highest BCUT2D eigenvalue weighted by molar-refractivity contribution is 6.04. The molecule has 0 unspecified atom stereocenters. The Morgan fingerprint density at radius 3 is 2.43 bits per heavy atom. The summed E-state index contributed by atoms with van der Waals surface area (Å²) in [6.45, 7) is 4.81. The molecule has 10 nitrogen and oxygen atoms in total. The number of aromatic nitrogens is 3. The number of primary amides is 1. The lowest BCUT2D eigenvalue weighted by Gasteiger charge is -2.31. The molecule has 0 radical (unpaired) electrons. The van der Waals surface area contributed by atoms with Crippen LogP contribution in [0.25, 0.3) is 11.3 Å². The number of nitrogens with two attached hydrogens (primary N) is 2. The average molecular weight is 474 g/mol. The van der Waals surface area contributed by atoms with Crippen LogP contribution in [0.1, 0.15) is 39.5 Å². The Morgan fingerprint density at radius 2 is 1.83 bits per heavy atom. The minimum Gasteiger partial charge on any atom is -0.364 e. The van der Waals surface area contributed by atoms with E-state index >= 15 is 0 Å². The van der Waals surface area contributed by atoms with Gasteiger partial charge in [0.1, 0.15) is 17.3 Å². The molecule has 0 bridgehead atoms. The maximum Gasteiger partial charge on any atom is 0.269 e. The molecule has 1 saturated heterocycles. The van der Waals surface area contributed by atoms with Gasteiger partial charge in [0, 0.05) is 36.8 Å². The molecule has 180 valence electrons. The number of carbonyl (C=O) groups excluding carboxylic acids is 3. The molecule has 1 aliphatic rings. The lowest BCUT2D eigenvalue weighted by Crippen LogP contribution is -2.38. The van der Waals surface area contributed by atoms with Crippen molar-refractivity contribution in [1.29, 1.82) is 0 Å². The van der Waals surface area contributed by atoms with Crippen molar-refractivity contribution in [2.24, 2.45) is 11.7 Å². The first kappa shape index (κ1) is 23.7. The number of piperidine rings is 1. The Morgan fingerprint density at radius 1 is 1.11 bits per heavy atom. The van der Waals surface area contributed by atoms with Gasteiger partial charge < -0.3 is 21.8 Å². The van der Waals surface area contributed by atoms with Crippen LogP contribution in [0.4, 0.5) is 5.82 Å². The molecular formula is C25H27N7O3. The Balaban J connectivity index is 1.51. The first-order valence-electron chi connectivity index (χ1n) is 11.3. The number of likely N-dealkylation sites (tertiary alicyclic amines) is 1. The largest absolute Gasteiger partial charge is 0.364 e. The van der Waals surface area contributed by atoms with Crippen molar-refractivity contribution in [2.75, 3.05) is 24.2 Å². The molecule has 3 heterocycles. The number of hydrogen-bond acceptors (Lipinski definition) is 6. The van der Waals surface area contributed by atoms with Gasteiger partial charge in [0.2, 0.25) is 5.91 Å². The fourth-order valence-corrected chi connectivity index (χ4v) is 4.21. The summed E-state index contributed by atoms with van der Waals surface area (Å²) in [4.78, 5) is 47.0. The molecule has 3 aromatic rings. The molecule has 1 aliphatic heterocycles. The van der Waals surface area contributed by atoms with Crippen molar-refractivity contribution >= 4 is 23.5 Å². The summed E-state index contributed by atoms with van der Waals surface area (Å²) < 4.78 is 1.25. The van der Waals surface area contributed by atoms with Crippen LogP contribution in [-0.4, -0.2) is 50.4 Å². The van der Waals surface area contributed by atoms with Crippen molar-refractivity contribution in [3.8, 4) is 11.3 Å². The smallest absolute Gasteiger partial charge is 0.269 e. The van der Waals surface area contributed by atoms with Crippen molar-refractivity contribution in [2.45, 2.75) is 19.3 Å². The van der Waals surface area contributed by atoms with Crippen LogP contribution in [-0.2, 0) is 11.2 Å². The predicted molar refractivity (Wildman–Crippen MR) is 132 cm³/mol. The number of nitrogens with one attached hydrogen (secondary N) is 1. The molecule has 3 amide bonds. The normalized spacial score (nSPS) is 13.9. The van der Waals surface area contributed by atoms with E-state index in [1.807, 2.05) is 0 Å². The quantitative estimate of drug-likeness (QED) is 0.353. The van der Waals surface area contributed by atoms with Gasteiger partial charge >= 0.3 is 0 Å². The molecule has 10 heteroatoms. The van der Waals surface area contributed by atoms with Gasteiger partial charge in [-0.25, -0.2) is 14.6 Å². The van der Waals surface area contributed by atoms with E-state index in [2.05, 4.69) is 21.9 Å². The summed E-state index contributed by atoms with van der Waals surface area (Å²) in [5, 5.41) is 2.73. The number of imidazole rings is 1. The fraction of sp³-hybridized carbons (Fsp3) is 0.240. The minimum atomic E-state index is -0.690. The van der Waals surface area contributed by atoms with E-state index in [4.69, 9.17) is 11.6 Å². The summed E-state index contributed by atoms with van der Waals surface area (Å²) in [6.07, 6.45) is 5.07. The number of pyridine rings is 1. The summed E-state index contributed by atoms with van der Waals surface area (Å²) in [5.74, 6) is 6.41. The molecular weight excluding hydrogens is 446 g/mol. The molecule has 0 atom stereocenters. The lowest BCUT2D eigenvalue weighted by atomic mass is 9.93. The molecule has 0 saturated carbocycles. The number of rotatable bonds is 7. The third kappa shape index (κ3) is 5.21. The monoisotopic (exact) mass is 473 g/mol. The number of amides is 3. The molecule has 1 fully saturated rings. The minimum absolute atomic E-state index is 0.0702. The van der Waals surface area contributed by atoms with Gasteiger partial charge in [0.25, 0.3) is 11.8 Å². The lowest BCUT2D eigenvalue weighted by molar-refractivity contribution is -0.127. The van der Waals surface area contributed by atoms with E-state index in [9.17, 15) is 14.4 Å². The van der Waals surface area contributed by atoms with Gasteiger partial charge in [-0.2, -0.15) is 0 Å². The van der Waals surface area contributed by atoms with E-state index < -0.39 is 5.91 Å². The number of hydrogen-bond donors (Lipinski definition) is 3. The van der Waals surface area contributed by atoms with Crippen molar-refractivity contribution < 1.29 is 14.4 Å². The van der Waals surface area contributed by atoms with Crippen LogP contribution in [0.2, 0.25) is 0 Å². The molecule has 4 rings (SSSR count). The van der Waals surface area contributed by atoms with Crippen LogP contribution in [0.3, 0.4) is 0 Å². The Labute approximate surface area is 202 Å². The third-order valence-corrected chi connectivity index (χ3v) is 6.12. The third-order valence-electron chi connectivity index (χ3n) is 6.12. The number of anilines is 1. The molecule has 2 aromatic heterocycles. The van der Waals surface area contributed by atoms with Gasteiger partial charge in [-0.15, -0.1) is 0 Å². The maximum absolute atomic E-state index is 12.5. The van der Waals surface area contributed by atoms with Gasteiger partial charge in [-0.3, -0.25) is 14.4 Å². The fourth-order valence-electron chi connectivity index (χ4n) is 4.21. The van der Waals surface area contributed by atoms with E-state index in [1.54, 1.807) is 53.6 Å². The van der Waals surface area contributed by atoms with Gasteiger partial charge in [-0.1, -0.05) is 24.8 Å². The van der Waals surface area contributed by atoms with Gasteiger partial charge in [0.05, 0.1) is 0 Å². The zero-order valence-corrected chi connectivity index (χ0v) is 19.2. The topological polar surface area (TPSA) is 149 Å². The average Bonchev–Trinajstić information content (AvgIpc) is 3.20. The van der Waals surface area contributed by atoms with Gasteiger partial charge in [-0.05, 0) is 49.1 Å². The zero-order chi connectivity index (χ0) is 24.9. The summed E-state index contributed by atoms with van der Waals surface area (Å²) in [6, 6.07) is 11.9. The number of benzene rings is 1. The van der Waals surface area contributed by atoms with E-state index in [0.29, 0.717) is 48.0 Å². The van der Waals surface area contributed by atoms with E-state index in [1.165, 1.54) is 10.8 Å². The summed E-state index contributed by atoms with van der Waals surface area (Å²) >= 11 is 0. The SMILES string of the molecule is C=CC(=O)N1CCC(Cc2nc(-c3ccc(C(=O)Nc4ccccn4)cc3)c(C(N)=O)n2N)CC1.